The van der Waals surface area contributed by atoms with Gasteiger partial charge in [-0.1, -0.05) is 34.3 Å². The molecule has 0 aromatic heterocycles. The lowest BCUT2D eigenvalue weighted by molar-refractivity contribution is -0.343. The molecule has 0 aliphatic rings. The molecule has 0 atom stereocenters. The lowest BCUT2D eigenvalue weighted by Gasteiger charge is -2.58. The summed E-state index contributed by atoms with van der Waals surface area (Å²) in [7, 11) is -6.03. The zero-order valence-corrected chi connectivity index (χ0v) is 28.2. The molecule has 6 nitrogen and oxygen atoms in total. The van der Waals surface area contributed by atoms with Crippen molar-refractivity contribution in [1.82, 2.24) is 0 Å². The Morgan fingerprint density at radius 2 is 1.17 bits per heavy atom. The van der Waals surface area contributed by atoms with Gasteiger partial charge in [-0.25, -0.2) is 4.79 Å². The standard InChI is InChI=1S/C18H44O6Si5/c1-14(2)15(19)20-18(21-25,22-26)16(3,4)17(5,6)29(13,23-27(7,8)9)24-28(10,11)12/h1H2,2-13,25-26H3. The van der Waals surface area contributed by atoms with E-state index in [-0.39, 0.29) is 0 Å². The minimum atomic E-state index is -2.82. The van der Waals surface area contributed by atoms with Crippen LogP contribution < -0.4 is 0 Å². The number of carbonyl (C=O) groups excluding carboxylic acids is 1. The number of hydrogen-bond donors (Lipinski definition) is 0. The van der Waals surface area contributed by atoms with Crippen LogP contribution >= 0.6 is 0 Å². The first kappa shape index (κ1) is 29.1. The van der Waals surface area contributed by atoms with Crippen molar-refractivity contribution in [2.24, 2.45) is 5.41 Å². The van der Waals surface area contributed by atoms with Crippen molar-refractivity contribution < 1.29 is 26.6 Å². The van der Waals surface area contributed by atoms with Crippen LogP contribution in [0.15, 0.2) is 12.2 Å². The molecule has 0 amide bonds. The predicted octanol–water partition coefficient (Wildman–Crippen LogP) is 2.93. The largest absolute Gasteiger partial charge is 0.436 e. The molecule has 0 radical (unpaired) electrons. The fourth-order valence-electron chi connectivity index (χ4n) is 3.41. The number of esters is 1. The van der Waals surface area contributed by atoms with E-state index in [0.29, 0.717) is 26.5 Å². The van der Waals surface area contributed by atoms with Gasteiger partial charge in [0.15, 0.2) is 37.6 Å². The average molecular weight is 497 g/mol. The number of carbonyl (C=O) groups is 1. The smallest absolute Gasteiger partial charge is 0.337 e. The summed E-state index contributed by atoms with van der Waals surface area (Å²) in [6.45, 7) is 28.8. The summed E-state index contributed by atoms with van der Waals surface area (Å²) in [6, 6.07) is 0. The Bertz CT molecular complexity index is 587. The first-order valence-electron chi connectivity index (χ1n) is 10.0. The highest BCUT2D eigenvalue weighted by Crippen LogP contribution is 2.60. The van der Waals surface area contributed by atoms with Crippen molar-refractivity contribution in [3.8, 4) is 0 Å². The van der Waals surface area contributed by atoms with Gasteiger partial charge in [-0.2, -0.15) is 0 Å². The summed E-state index contributed by atoms with van der Waals surface area (Å²) < 4.78 is 31.3. The van der Waals surface area contributed by atoms with Gasteiger partial charge in [0.1, 0.15) is 0 Å². The Kier molecular flexibility index (Phi) is 9.37. The lowest BCUT2D eigenvalue weighted by atomic mass is 9.77. The Morgan fingerprint density at radius 3 is 1.41 bits per heavy atom. The number of rotatable bonds is 11. The first-order chi connectivity index (χ1) is 12.6. The van der Waals surface area contributed by atoms with Crippen molar-refractivity contribution in [2.75, 3.05) is 0 Å². The van der Waals surface area contributed by atoms with Crippen LogP contribution in [0.4, 0.5) is 0 Å². The minimum absolute atomic E-state index is 0.303. The van der Waals surface area contributed by atoms with E-state index in [2.05, 4.69) is 66.3 Å². The molecular formula is C18H44O6Si5. The number of hydrogen-bond acceptors (Lipinski definition) is 6. The molecule has 0 saturated heterocycles. The monoisotopic (exact) mass is 496 g/mol. The molecular weight excluding hydrogens is 453 g/mol. The molecule has 0 spiro atoms. The van der Waals surface area contributed by atoms with Gasteiger partial charge in [-0.3, -0.25) is 0 Å². The third kappa shape index (κ3) is 6.56. The van der Waals surface area contributed by atoms with E-state index in [1.54, 1.807) is 6.92 Å². The van der Waals surface area contributed by atoms with E-state index in [4.69, 9.17) is 21.8 Å². The van der Waals surface area contributed by atoms with Gasteiger partial charge in [-0.15, -0.1) is 0 Å². The molecule has 172 valence electrons. The molecule has 29 heavy (non-hydrogen) atoms. The zero-order valence-electron chi connectivity index (χ0n) is 21.2. The van der Waals surface area contributed by atoms with E-state index >= 15 is 0 Å². The van der Waals surface area contributed by atoms with Crippen LogP contribution in [0.2, 0.25) is 50.9 Å². The van der Waals surface area contributed by atoms with Crippen LogP contribution in [-0.2, 0) is 26.6 Å². The quantitative estimate of drug-likeness (QED) is 0.190. The number of ether oxygens (including phenoxy) is 1. The molecule has 0 bridgehead atoms. The first-order valence-corrected chi connectivity index (χ1v) is 20.8. The van der Waals surface area contributed by atoms with Crippen LogP contribution in [0.3, 0.4) is 0 Å². The van der Waals surface area contributed by atoms with E-state index in [0.717, 1.165) is 0 Å². The molecule has 0 unspecified atom stereocenters. The van der Waals surface area contributed by atoms with Crippen molar-refractivity contribution in [2.45, 2.75) is 91.5 Å². The SMILES string of the molecule is C=C(C)C(=O)OC(O[SiH3])(O[SiH3])C(C)(C)C(C)(C)[Si](C)(O[Si](C)(C)C)O[Si](C)(C)C. The fraction of sp³-hybridized carbons (Fsp3) is 0.833. The molecule has 0 saturated carbocycles. The molecule has 0 heterocycles. The van der Waals surface area contributed by atoms with Crippen molar-refractivity contribution in [3.05, 3.63) is 12.2 Å². The highest BCUT2D eigenvalue weighted by atomic mass is 28.5. The average Bonchev–Trinajstić information content (AvgIpc) is 2.47. The third-order valence-corrected chi connectivity index (χ3v) is 17.6. The van der Waals surface area contributed by atoms with Gasteiger partial charge in [-0.05, 0) is 52.8 Å². The van der Waals surface area contributed by atoms with E-state index in [1.165, 1.54) is 0 Å². The van der Waals surface area contributed by atoms with Gasteiger partial charge in [0.2, 0.25) is 0 Å². The Balaban J connectivity index is 6.63. The molecule has 0 fully saturated rings. The Hall–Kier alpha value is 0.134. The van der Waals surface area contributed by atoms with Crippen molar-refractivity contribution >= 4 is 52.1 Å². The van der Waals surface area contributed by atoms with Crippen LogP contribution in [0, 0.1) is 5.41 Å². The normalized spacial score (nSPS) is 16.6. The highest BCUT2D eigenvalue weighted by molar-refractivity contribution is 6.89. The molecule has 0 aliphatic carbocycles. The molecule has 0 aromatic rings. The van der Waals surface area contributed by atoms with E-state index in [1.807, 2.05) is 13.8 Å². The maximum absolute atomic E-state index is 12.5. The molecule has 11 heteroatoms. The second kappa shape index (κ2) is 9.32. The summed E-state index contributed by atoms with van der Waals surface area (Å²) in [5.41, 5.74) is -0.452. The molecule has 0 N–H and O–H groups in total. The second-order valence-electron chi connectivity index (χ2n) is 10.8. The maximum atomic E-state index is 12.5. The van der Waals surface area contributed by atoms with E-state index in [9.17, 15) is 4.79 Å². The molecule has 0 rings (SSSR count). The predicted molar refractivity (Wildman–Crippen MR) is 134 cm³/mol. The van der Waals surface area contributed by atoms with E-state index < -0.39 is 47.6 Å². The summed E-state index contributed by atoms with van der Waals surface area (Å²) in [6.07, 6.45) is 0. The van der Waals surface area contributed by atoms with Crippen LogP contribution in [0.25, 0.3) is 0 Å². The maximum Gasteiger partial charge on any atom is 0.337 e. The van der Waals surface area contributed by atoms with Gasteiger partial charge >= 0.3 is 20.5 Å². The van der Waals surface area contributed by atoms with Gasteiger partial charge in [0.25, 0.3) is 0 Å². The van der Waals surface area contributed by atoms with Gasteiger partial charge in [0.05, 0.1) is 5.41 Å². The summed E-state index contributed by atoms with van der Waals surface area (Å²) in [5.74, 6) is -2.04. The molecule has 0 aromatic carbocycles. The van der Waals surface area contributed by atoms with Crippen molar-refractivity contribution in [1.29, 1.82) is 0 Å². The lowest BCUT2D eigenvalue weighted by Crippen LogP contribution is -2.67. The zero-order chi connectivity index (χ0) is 23.7. The Labute approximate surface area is 187 Å². The third-order valence-electron chi connectivity index (χ3n) is 5.58. The molecule has 0 aliphatic heterocycles. The van der Waals surface area contributed by atoms with Crippen LogP contribution in [0.5, 0.6) is 0 Å². The van der Waals surface area contributed by atoms with Crippen LogP contribution in [-0.4, -0.2) is 58.1 Å². The summed E-state index contributed by atoms with van der Waals surface area (Å²) >= 11 is 0. The second-order valence-corrected chi connectivity index (χ2v) is 24.8. The minimum Gasteiger partial charge on any atom is -0.436 e. The Morgan fingerprint density at radius 1 is 0.828 bits per heavy atom. The van der Waals surface area contributed by atoms with Gasteiger partial charge < -0.3 is 21.8 Å². The summed E-state index contributed by atoms with van der Waals surface area (Å²) in [5, 5.41) is -0.523. The topological polar surface area (TPSA) is 63.2 Å². The highest BCUT2D eigenvalue weighted by Gasteiger charge is 2.67. The van der Waals surface area contributed by atoms with Gasteiger partial charge in [0, 0.05) is 10.6 Å². The summed E-state index contributed by atoms with van der Waals surface area (Å²) in [4.78, 5) is 12.5. The van der Waals surface area contributed by atoms with Crippen LogP contribution in [0.1, 0.15) is 34.6 Å². The van der Waals surface area contributed by atoms with Crippen molar-refractivity contribution in [3.63, 3.8) is 0 Å². The fourth-order valence-corrected chi connectivity index (χ4v) is 18.5.